The summed E-state index contributed by atoms with van der Waals surface area (Å²) in [6.45, 7) is 2.93. The minimum atomic E-state index is -0.193. The molecule has 4 nitrogen and oxygen atoms in total. The van der Waals surface area contributed by atoms with Gasteiger partial charge in [-0.05, 0) is 87.7 Å². The second-order valence-corrected chi connectivity index (χ2v) is 9.05. The van der Waals surface area contributed by atoms with Gasteiger partial charge in [0.05, 0.1) is 0 Å². The number of ether oxygens (including phenoxy) is 1. The molecule has 150 valence electrons. The second kappa shape index (κ2) is 8.53. The van der Waals surface area contributed by atoms with Crippen molar-refractivity contribution in [3.8, 4) is 11.5 Å². The minimum Gasteiger partial charge on any atom is -0.508 e. The van der Waals surface area contributed by atoms with Gasteiger partial charge in [0.25, 0.3) is 6.47 Å². The summed E-state index contributed by atoms with van der Waals surface area (Å²) < 4.78 is 5.18. The SMILES string of the molecule is CC1(CCCCCc2c(O)ccc(CCCCC3(OC=O)CC3)c2O)CC1. The summed E-state index contributed by atoms with van der Waals surface area (Å²) in [7, 11) is 0. The molecule has 0 heterocycles. The molecule has 2 aliphatic carbocycles. The molecule has 2 fully saturated rings. The van der Waals surface area contributed by atoms with E-state index in [1.165, 1.54) is 25.7 Å². The number of unbranched alkanes of at least 4 members (excludes halogenated alkanes) is 3. The fourth-order valence-corrected chi connectivity index (χ4v) is 4.05. The molecule has 2 N–H and O–H groups in total. The monoisotopic (exact) mass is 374 g/mol. The number of carbonyl (C=O) groups excluding carboxylic acids is 1. The number of carbonyl (C=O) groups is 1. The molecule has 0 aliphatic heterocycles. The molecule has 1 aromatic rings. The molecule has 0 bridgehead atoms. The van der Waals surface area contributed by atoms with E-state index in [9.17, 15) is 15.0 Å². The Bertz CT molecular complexity index is 644. The average Bonchev–Trinajstić information content (AvgIpc) is 3.56. The van der Waals surface area contributed by atoms with Gasteiger partial charge in [0.2, 0.25) is 0 Å². The quantitative estimate of drug-likeness (QED) is 0.357. The van der Waals surface area contributed by atoms with Crippen LogP contribution in [0.5, 0.6) is 11.5 Å². The Hall–Kier alpha value is -1.71. The Kier molecular flexibility index (Phi) is 6.33. The molecule has 3 rings (SSSR count). The lowest BCUT2D eigenvalue weighted by Crippen LogP contribution is -2.12. The Labute approximate surface area is 162 Å². The van der Waals surface area contributed by atoms with Crippen LogP contribution in [-0.4, -0.2) is 22.3 Å². The smallest absolute Gasteiger partial charge is 0.293 e. The van der Waals surface area contributed by atoms with Crippen molar-refractivity contribution in [2.24, 2.45) is 5.41 Å². The van der Waals surface area contributed by atoms with E-state index in [1.807, 2.05) is 6.07 Å². The van der Waals surface area contributed by atoms with Gasteiger partial charge < -0.3 is 14.9 Å². The first-order valence-corrected chi connectivity index (χ1v) is 10.6. The minimum absolute atomic E-state index is 0.193. The van der Waals surface area contributed by atoms with Gasteiger partial charge in [0.15, 0.2) is 0 Å². The number of rotatable bonds is 13. The summed E-state index contributed by atoms with van der Waals surface area (Å²) in [4.78, 5) is 10.5. The molecule has 2 saturated carbocycles. The van der Waals surface area contributed by atoms with Crippen LogP contribution in [0.25, 0.3) is 0 Å². The van der Waals surface area contributed by atoms with Crippen LogP contribution in [0.4, 0.5) is 0 Å². The highest BCUT2D eigenvalue weighted by Gasteiger charge is 2.44. The van der Waals surface area contributed by atoms with Crippen LogP contribution in [-0.2, 0) is 22.4 Å². The third-order valence-electron chi connectivity index (χ3n) is 6.59. The Morgan fingerprint density at radius 1 is 0.963 bits per heavy atom. The van der Waals surface area contributed by atoms with Crippen LogP contribution in [0, 0.1) is 5.41 Å². The van der Waals surface area contributed by atoms with E-state index in [-0.39, 0.29) is 17.1 Å². The maximum absolute atomic E-state index is 10.6. The van der Waals surface area contributed by atoms with Crippen LogP contribution < -0.4 is 0 Å². The van der Waals surface area contributed by atoms with Gasteiger partial charge in [0.1, 0.15) is 17.1 Å². The normalized spacial score (nSPS) is 18.9. The number of hydrogen-bond donors (Lipinski definition) is 2. The van der Waals surface area contributed by atoms with E-state index < -0.39 is 0 Å². The molecule has 0 radical (unpaired) electrons. The van der Waals surface area contributed by atoms with E-state index >= 15 is 0 Å². The Morgan fingerprint density at radius 3 is 2.33 bits per heavy atom. The Morgan fingerprint density at radius 2 is 1.67 bits per heavy atom. The Balaban J connectivity index is 1.42. The zero-order valence-electron chi connectivity index (χ0n) is 16.6. The van der Waals surface area contributed by atoms with Crippen LogP contribution in [0.15, 0.2) is 12.1 Å². The van der Waals surface area contributed by atoms with Gasteiger partial charge in [-0.2, -0.15) is 0 Å². The van der Waals surface area contributed by atoms with E-state index in [2.05, 4.69) is 6.92 Å². The van der Waals surface area contributed by atoms with Crippen LogP contribution >= 0.6 is 0 Å². The average molecular weight is 375 g/mol. The molecule has 2 aliphatic rings. The number of phenolic OH excluding ortho intramolecular Hbond substituents is 2. The third kappa shape index (κ3) is 5.63. The molecule has 0 spiro atoms. The summed E-state index contributed by atoms with van der Waals surface area (Å²) in [5.41, 5.74) is 2.03. The van der Waals surface area contributed by atoms with Gasteiger partial charge in [0, 0.05) is 5.56 Å². The third-order valence-corrected chi connectivity index (χ3v) is 6.59. The molecule has 0 aromatic heterocycles. The van der Waals surface area contributed by atoms with E-state index in [4.69, 9.17) is 4.74 Å². The van der Waals surface area contributed by atoms with Gasteiger partial charge in [-0.25, -0.2) is 0 Å². The standard InChI is InChI=1S/C23H34O4/c1-22(13-14-22)11-5-2-3-8-19-20(25)10-9-18(21(19)26)7-4-6-12-23(15-16-23)27-17-24/h9-10,17,25-26H,2-8,11-16H2,1H3. The summed E-state index contributed by atoms with van der Waals surface area (Å²) in [5.74, 6) is 0.483. The summed E-state index contributed by atoms with van der Waals surface area (Å²) in [6.07, 6.45) is 13.7. The van der Waals surface area contributed by atoms with Crippen molar-refractivity contribution in [3.63, 3.8) is 0 Å². The zero-order chi connectivity index (χ0) is 19.3. The topological polar surface area (TPSA) is 66.8 Å². The van der Waals surface area contributed by atoms with E-state index in [0.29, 0.717) is 17.5 Å². The van der Waals surface area contributed by atoms with Gasteiger partial charge in [-0.15, -0.1) is 0 Å². The molecule has 0 unspecified atom stereocenters. The number of phenols is 2. The molecule has 0 amide bonds. The van der Waals surface area contributed by atoms with Crippen molar-refractivity contribution in [1.82, 2.24) is 0 Å². The lowest BCUT2D eigenvalue weighted by molar-refractivity contribution is -0.135. The number of hydrogen-bond acceptors (Lipinski definition) is 4. The second-order valence-electron chi connectivity index (χ2n) is 9.05. The predicted molar refractivity (Wildman–Crippen MR) is 106 cm³/mol. The van der Waals surface area contributed by atoms with Crippen LogP contribution in [0.2, 0.25) is 0 Å². The van der Waals surface area contributed by atoms with Crippen molar-refractivity contribution < 1.29 is 19.7 Å². The zero-order valence-corrected chi connectivity index (χ0v) is 16.6. The summed E-state index contributed by atoms with van der Waals surface area (Å²) in [6, 6.07) is 3.55. The molecule has 0 saturated heterocycles. The lowest BCUT2D eigenvalue weighted by Gasteiger charge is -2.14. The fraction of sp³-hybridized carbons (Fsp3) is 0.696. The molecular weight excluding hydrogens is 340 g/mol. The molecule has 27 heavy (non-hydrogen) atoms. The van der Waals surface area contributed by atoms with Gasteiger partial charge >= 0.3 is 0 Å². The fourth-order valence-electron chi connectivity index (χ4n) is 4.05. The maximum Gasteiger partial charge on any atom is 0.293 e. The van der Waals surface area contributed by atoms with Crippen molar-refractivity contribution in [3.05, 3.63) is 23.3 Å². The van der Waals surface area contributed by atoms with Gasteiger partial charge in [-0.1, -0.05) is 25.8 Å². The summed E-state index contributed by atoms with van der Waals surface area (Å²) in [5, 5.41) is 20.7. The number of aryl methyl sites for hydroxylation is 1. The van der Waals surface area contributed by atoms with Gasteiger partial charge in [-0.3, -0.25) is 4.79 Å². The predicted octanol–water partition coefficient (Wildman–Crippen LogP) is 5.42. The highest BCUT2D eigenvalue weighted by Crippen LogP contribution is 2.49. The van der Waals surface area contributed by atoms with Crippen molar-refractivity contribution in [2.45, 2.75) is 96.0 Å². The highest BCUT2D eigenvalue weighted by molar-refractivity contribution is 5.48. The first-order valence-electron chi connectivity index (χ1n) is 10.6. The summed E-state index contributed by atoms with van der Waals surface area (Å²) >= 11 is 0. The van der Waals surface area contributed by atoms with E-state index in [0.717, 1.165) is 63.4 Å². The molecule has 0 atom stereocenters. The van der Waals surface area contributed by atoms with Crippen LogP contribution in [0.3, 0.4) is 0 Å². The largest absolute Gasteiger partial charge is 0.508 e. The van der Waals surface area contributed by atoms with E-state index in [1.54, 1.807) is 6.07 Å². The van der Waals surface area contributed by atoms with Crippen molar-refractivity contribution >= 4 is 6.47 Å². The molecule has 4 heteroatoms. The first kappa shape index (κ1) is 20.0. The maximum atomic E-state index is 10.6. The number of aromatic hydroxyl groups is 2. The molecule has 1 aromatic carbocycles. The molecular formula is C23H34O4. The van der Waals surface area contributed by atoms with Crippen molar-refractivity contribution in [1.29, 1.82) is 0 Å². The lowest BCUT2D eigenvalue weighted by atomic mass is 9.96. The van der Waals surface area contributed by atoms with Crippen LogP contribution in [0.1, 0.15) is 88.7 Å². The number of benzene rings is 1. The highest BCUT2D eigenvalue weighted by atomic mass is 16.5. The van der Waals surface area contributed by atoms with Crippen molar-refractivity contribution in [2.75, 3.05) is 0 Å². The first-order chi connectivity index (χ1) is 13.0.